The Labute approximate surface area is 362 Å². The van der Waals surface area contributed by atoms with E-state index >= 15 is 17.6 Å². The number of rotatable bonds is 13. The molecule has 4 heterocycles. The molecule has 2 saturated heterocycles. The molecule has 0 bridgehead atoms. The van der Waals surface area contributed by atoms with E-state index in [4.69, 9.17) is 14.2 Å². The van der Waals surface area contributed by atoms with Gasteiger partial charge in [0, 0.05) is 43.1 Å². The monoisotopic (exact) mass is 882 g/mol. The number of nitrogens with zero attached hydrogens (tertiary/aromatic N) is 3. The number of alkyl carbamates (subject to hydrolysis) is 2. The minimum atomic E-state index is -4.60. The fraction of sp³-hybridized carbons (Fsp3) is 0.523. The van der Waals surface area contributed by atoms with Gasteiger partial charge in [-0.2, -0.15) is 17.6 Å². The minimum Gasteiger partial charge on any atom is -0.453 e. The molecule has 4 aliphatic rings. The van der Waals surface area contributed by atoms with E-state index in [2.05, 4.69) is 31.2 Å². The molecular formula is C44H54F4N8O7. The molecule has 0 radical (unpaired) electrons. The van der Waals surface area contributed by atoms with Gasteiger partial charge in [0.25, 0.3) is 0 Å². The zero-order valence-corrected chi connectivity index (χ0v) is 36.0. The van der Waals surface area contributed by atoms with Crippen molar-refractivity contribution in [1.29, 1.82) is 0 Å². The maximum atomic E-state index is 16.2. The Morgan fingerprint density at radius 3 is 2.03 bits per heavy atom. The van der Waals surface area contributed by atoms with Crippen LogP contribution in [0, 0.1) is 11.8 Å². The molecule has 4 amide bonds. The Kier molecular flexibility index (Phi) is 13.0. The number of halogens is 4. The third-order valence-electron chi connectivity index (χ3n) is 12.3. The largest absolute Gasteiger partial charge is 0.453 e. The number of carbonyl (C=O) groups is 4. The maximum absolute atomic E-state index is 16.2. The lowest BCUT2D eigenvalue weighted by molar-refractivity contribution is -0.225. The first kappa shape index (κ1) is 45.2. The standard InChI is InChI=1S/C44H54F4N8O7/c1-23(2)35(53-41(59)62-6)39(57)55-15-7-9-33(55)37-49-21-31(51-37)25-11-13-27-28-14-12-26(20-30(28)44(47,48)43(45,46)29(27)19-25)32-22-50-38(52-32)34-10-8-16-56(34)40(58)36(24(3)4)54-42(60)63-18-17-61-5/h11-14,19-24,33-36,38,50,52H,7-10,15-18H2,1-6H3,(H,49,51)(H,53,59)(H,54,60)/t33-,34-,35-,36-,38?/m0/s1. The van der Waals surface area contributed by atoms with Crippen LogP contribution in [0.3, 0.4) is 0 Å². The number of nitrogens with one attached hydrogen (secondary N) is 5. The normalized spacial score (nSPS) is 21.8. The molecule has 2 fully saturated rings. The van der Waals surface area contributed by atoms with Crippen molar-refractivity contribution in [2.75, 3.05) is 40.5 Å². The molecule has 3 aromatic rings. The van der Waals surface area contributed by atoms with E-state index in [-0.39, 0.29) is 65.2 Å². The summed E-state index contributed by atoms with van der Waals surface area (Å²) in [5.74, 6) is -9.91. The van der Waals surface area contributed by atoms with Gasteiger partial charge in [0.15, 0.2) is 0 Å². The fourth-order valence-corrected chi connectivity index (χ4v) is 8.89. The van der Waals surface area contributed by atoms with Crippen LogP contribution in [0.2, 0.25) is 0 Å². The van der Waals surface area contributed by atoms with Crippen LogP contribution in [0.5, 0.6) is 0 Å². The van der Waals surface area contributed by atoms with Crippen LogP contribution >= 0.6 is 0 Å². The van der Waals surface area contributed by atoms with Crippen molar-refractivity contribution in [3.05, 3.63) is 71.3 Å². The van der Waals surface area contributed by atoms with Crippen molar-refractivity contribution in [1.82, 2.24) is 41.0 Å². The number of hydrogen-bond donors (Lipinski definition) is 5. The van der Waals surface area contributed by atoms with Gasteiger partial charge in [0.05, 0.1) is 43.4 Å². The second-order valence-corrected chi connectivity index (χ2v) is 17.0. The lowest BCUT2D eigenvalue weighted by atomic mass is 9.79. The van der Waals surface area contributed by atoms with E-state index in [0.717, 1.165) is 12.1 Å². The zero-order valence-electron chi connectivity index (χ0n) is 36.0. The van der Waals surface area contributed by atoms with Gasteiger partial charge in [-0.05, 0) is 66.3 Å². The number of methoxy groups -OCH3 is 2. The number of aromatic amines is 1. The average molecular weight is 883 g/mol. The molecule has 5 N–H and O–H groups in total. The van der Waals surface area contributed by atoms with Crippen molar-refractivity contribution in [3.8, 4) is 22.4 Å². The van der Waals surface area contributed by atoms with Crippen molar-refractivity contribution in [2.24, 2.45) is 11.8 Å². The number of ether oxygens (including phenoxy) is 3. The first-order chi connectivity index (χ1) is 30.0. The van der Waals surface area contributed by atoms with Crippen LogP contribution in [0.4, 0.5) is 27.2 Å². The van der Waals surface area contributed by atoms with Gasteiger partial charge in [0.2, 0.25) is 11.8 Å². The molecule has 1 aromatic heterocycles. The summed E-state index contributed by atoms with van der Waals surface area (Å²) in [6.45, 7) is 8.29. The van der Waals surface area contributed by atoms with Gasteiger partial charge >= 0.3 is 24.0 Å². The Morgan fingerprint density at radius 2 is 1.40 bits per heavy atom. The first-order valence-corrected chi connectivity index (χ1v) is 21.2. The number of benzene rings is 2. The van der Waals surface area contributed by atoms with E-state index in [0.29, 0.717) is 56.0 Å². The van der Waals surface area contributed by atoms with E-state index in [9.17, 15) is 19.2 Å². The highest BCUT2D eigenvalue weighted by atomic mass is 19.3. The van der Waals surface area contributed by atoms with Gasteiger partial charge in [0.1, 0.15) is 30.7 Å². The summed E-state index contributed by atoms with van der Waals surface area (Å²) in [5.41, 5.74) is -0.584. The molecule has 3 aliphatic heterocycles. The number of H-pyrrole nitrogens is 1. The molecule has 2 aromatic carbocycles. The SMILES string of the molecule is COCCOC(=O)N[C@H](C(=O)N1CCC[C@H]1C1NC=C(c2ccc3c(c2)C(F)(F)C(F)(F)c2cc(-c4cnc([C@@H]5CCCN5C(=O)[C@@H](NC(=O)OC)C(C)C)[nH]4)ccc2-3)N1)C(C)C. The predicted octanol–water partition coefficient (Wildman–Crippen LogP) is 6.19. The van der Waals surface area contributed by atoms with Crippen LogP contribution in [0.1, 0.15) is 81.9 Å². The van der Waals surface area contributed by atoms with Gasteiger partial charge < -0.3 is 50.3 Å². The first-order valence-electron chi connectivity index (χ1n) is 21.2. The molecular weight excluding hydrogens is 829 g/mol. The highest BCUT2D eigenvalue weighted by Crippen LogP contribution is 2.58. The van der Waals surface area contributed by atoms with Crippen LogP contribution in [-0.2, 0) is 35.6 Å². The van der Waals surface area contributed by atoms with E-state index in [1.54, 1.807) is 42.0 Å². The van der Waals surface area contributed by atoms with Crippen LogP contribution in [0.25, 0.3) is 28.1 Å². The number of carbonyl (C=O) groups excluding carboxylic acids is 4. The summed E-state index contributed by atoms with van der Waals surface area (Å²) in [6, 6.07) is 5.52. The minimum absolute atomic E-state index is 0.0252. The molecule has 5 atom stereocenters. The quantitative estimate of drug-likeness (QED) is 0.0983. The van der Waals surface area contributed by atoms with Crippen molar-refractivity contribution in [3.63, 3.8) is 0 Å². The van der Waals surface area contributed by atoms with Gasteiger partial charge in [-0.25, -0.2) is 14.6 Å². The van der Waals surface area contributed by atoms with E-state index < -0.39 is 59.4 Å². The van der Waals surface area contributed by atoms with E-state index in [1.165, 1.54) is 32.5 Å². The second kappa shape index (κ2) is 18.1. The molecule has 1 aliphatic carbocycles. The summed E-state index contributed by atoms with van der Waals surface area (Å²) < 4.78 is 79.5. The predicted molar refractivity (Wildman–Crippen MR) is 223 cm³/mol. The molecule has 0 saturated carbocycles. The van der Waals surface area contributed by atoms with Gasteiger partial charge in [-0.15, -0.1) is 0 Å². The molecule has 1 unspecified atom stereocenters. The number of amides is 4. The summed E-state index contributed by atoms with van der Waals surface area (Å²) in [7, 11) is 2.69. The van der Waals surface area contributed by atoms with Crippen molar-refractivity contribution >= 4 is 29.7 Å². The fourth-order valence-electron chi connectivity index (χ4n) is 8.89. The molecule has 340 valence electrons. The second-order valence-electron chi connectivity index (χ2n) is 17.0. The third-order valence-corrected chi connectivity index (χ3v) is 12.3. The number of aromatic nitrogens is 2. The molecule has 15 nitrogen and oxygen atoms in total. The molecule has 63 heavy (non-hydrogen) atoms. The lowest BCUT2D eigenvalue weighted by Gasteiger charge is -2.35. The van der Waals surface area contributed by atoms with Crippen LogP contribution in [-0.4, -0.2) is 109 Å². The smallest absolute Gasteiger partial charge is 0.407 e. The Balaban J connectivity index is 1.08. The molecule has 7 rings (SSSR count). The average Bonchev–Trinajstić information content (AvgIpc) is 4.10. The number of likely N-dealkylation sites (tertiary alicyclic amines) is 2. The van der Waals surface area contributed by atoms with Crippen molar-refractivity contribution < 1.29 is 51.0 Å². The maximum Gasteiger partial charge on any atom is 0.407 e. The molecule has 0 spiro atoms. The summed E-state index contributed by atoms with van der Waals surface area (Å²) in [5, 5.41) is 11.7. The Bertz CT molecular complexity index is 2250. The Hall–Kier alpha value is -5.85. The Morgan fingerprint density at radius 1 is 0.810 bits per heavy atom. The lowest BCUT2D eigenvalue weighted by Crippen LogP contribution is -2.57. The van der Waals surface area contributed by atoms with Crippen LogP contribution < -0.4 is 21.3 Å². The summed E-state index contributed by atoms with van der Waals surface area (Å²) in [4.78, 5) is 62.7. The highest BCUT2D eigenvalue weighted by molar-refractivity contribution is 5.87. The van der Waals surface area contributed by atoms with Crippen LogP contribution in [0.15, 0.2) is 48.8 Å². The number of fused-ring (bicyclic) bond motifs is 3. The summed E-state index contributed by atoms with van der Waals surface area (Å²) >= 11 is 0. The van der Waals surface area contributed by atoms with E-state index in [1.807, 2.05) is 13.8 Å². The van der Waals surface area contributed by atoms with Gasteiger partial charge in [-0.3, -0.25) is 9.59 Å². The number of alkyl halides is 4. The number of imidazole rings is 1. The molecule has 19 heteroatoms. The summed E-state index contributed by atoms with van der Waals surface area (Å²) in [6.07, 6.45) is 3.53. The number of hydrogen-bond acceptors (Lipinski definition) is 10. The zero-order chi connectivity index (χ0) is 45.4. The third kappa shape index (κ3) is 8.63. The van der Waals surface area contributed by atoms with Crippen molar-refractivity contribution in [2.45, 2.75) is 95.6 Å². The topological polar surface area (TPSA) is 179 Å². The van der Waals surface area contributed by atoms with Gasteiger partial charge in [-0.1, -0.05) is 52.0 Å². The highest BCUT2D eigenvalue weighted by Gasteiger charge is 2.63.